The van der Waals surface area contributed by atoms with Gasteiger partial charge >= 0.3 is 0 Å². The molecule has 2 rings (SSSR count). The lowest BCUT2D eigenvalue weighted by Crippen LogP contribution is -2.27. The van der Waals surface area contributed by atoms with Crippen molar-refractivity contribution in [3.05, 3.63) is 28.5 Å². The fourth-order valence-electron chi connectivity index (χ4n) is 2.68. The van der Waals surface area contributed by atoms with Crippen LogP contribution in [-0.2, 0) is 0 Å². The molecule has 1 saturated heterocycles. The number of hydrogen-bond acceptors (Lipinski definition) is 2. The Bertz CT molecular complexity index is 391. The number of likely N-dealkylation sites (tertiary alicyclic amines) is 1. The van der Waals surface area contributed by atoms with Crippen molar-refractivity contribution in [3.63, 3.8) is 0 Å². The Hall–Kier alpha value is -0.610. The SMILES string of the molecule is CCCN1CCCC(Nc2c(F)cccc2Br)CC1. The van der Waals surface area contributed by atoms with E-state index in [4.69, 9.17) is 0 Å². The third kappa shape index (κ3) is 4.18. The largest absolute Gasteiger partial charge is 0.379 e. The number of halogens is 2. The van der Waals surface area contributed by atoms with Crippen molar-refractivity contribution in [2.45, 2.75) is 38.6 Å². The summed E-state index contributed by atoms with van der Waals surface area (Å²) in [7, 11) is 0. The molecule has 1 aliphatic heterocycles. The number of rotatable bonds is 4. The van der Waals surface area contributed by atoms with Gasteiger partial charge in [-0.2, -0.15) is 0 Å². The number of hydrogen-bond donors (Lipinski definition) is 1. The molecular formula is C15H22BrFN2. The monoisotopic (exact) mass is 328 g/mol. The van der Waals surface area contributed by atoms with E-state index in [-0.39, 0.29) is 5.82 Å². The van der Waals surface area contributed by atoms with Crippen molar-refractivity contribution in [1.82, 2.24) is 4.90 Å². The fraction of sp³-hybridized carbons (Fsp3) is 0.600. The van der Waals surface area contributed by atoms with Crippen molar-refractivity contribution in [3.8, 4) is 0 Å². The quantitative estimate of drug-likeness (QED) is 0.888. The zero-order chi connectivity index (χ0) is 13.7. The van der Waals surface area contributed by atoms with Gasteiger partial charge in [-0.25, -0.2) is 4.39 Å². The molecule has 0 aliphatic carbocycles. The first-order valence-corrected chi connectivity index (χ1v) is 7.93. The van der Waals surface area contributed by atoms with Crippen LogP contribution in [0.4, 0.5) is 10.1 Å². The zero-order valence-corrected chi connectivity index (χ0v) is 13.0. The van der Waals surface area contributed by atoms with Gasteiger partial charge in [0.1, 0.15) is 5.82 Å². The minimum absolute atomic E-state index is 0.177. The van der Waals surface area contributed by atoms with Gasteiger partial charge in [0.05, 0.1) is 5.69 Å². The van der Waals surface area contributed by atoms with Crippen LogP contribution in [0.25, 0.3) is 0 Å². The molecule has 1 aromatic rings. The summed E-state index contributed by atoms with van der Waals surface area (Å²) >= 11 is 3.42. The van der Waals surface area contributed by atoms with Crippen molar-refractivity contribution in [2.24, 2.45) is 0 Å². The Labute approximate surface area is 123 Å². The topological polar surface area (TPSA) is 15.3 Å². The molecule has 1 heterocycles. The van der Waals surface area contributed by atoms with Gasteiger partial charge in [0.15, 0.2) is 0 Å². The van der Waals surface area contributed by atoms with Crippen LogP contribution in [0.2, 0.25) is 0 Å². The van der Waals surface area contributed by atoms with Crippen molar-refractivity contribution < 1.29 is 4.39 Å². The summed E-state index contributed by atoms with van der Waals surface area (Å²) in [4.78, 5) is 2.51. The van der Waals surface area contributed by atoms with Crippen LogP contribution in [-0.4, -0.2) is 30.6 Å². The fourth-order valence-corrected chi connectivity index (χ4v) is 3.14. The Morgan fingerprint density at radius 3 is 2.95 bits per heavy atom. The molecule has 1 atom stereocenters. The maximum atomic E-state index is 13.8. The molecule has 106 valence electrons. The normalized spacial score (nSPS) is 21.1. The minimum Gasteiger partial charge on any atom is -0.379 e. The van der Waals surface area contributed by atoms with E-state index in [2.05, 4.69) is 33.1 Å². The second-order valence-corrected chi connectivity index (χ2v) is 6.06. The van der Waals surface area contributed by atoms with Crippen molar-refractivity contribution >= 4 is 21.6 Å². The Balaban J connectivity index is 1.96. The third-order valence-electron chi connectivity index (χ3n) is 3.67. The molecule has 1 aromatic carbocycles. The van der Waals surface area contributed by atoms with Crippen molar-refractivity contribution in [2.75, 3.05) is 25.0 Å². The van der Waals surface area contributed by atoms with E-state index in [0.29, 0.717) is 11.7 Å². The van der Waals surface area contributed by atoms with Gasteiger partial charge in [0.25, 0.3) is 0 Å². The average Bonchev–Trinajstić information content (AvgIpc) is 2.60. The van der Waals surface area contributed by atoms with Gasteiger partial charge in [0.2, 0.25) is 0 Å². The van der Waals surface area contributed by atoms with Crippen LogP contribution >= 0.6 is 15.9 Å². The molecule has 0 aromatic heterocycles. The maximum Gasteiger partial charge on any atom is 0.147 e. The van der Waals surface area contributed by atoms with Crippen LogP contribution in [0, 0.1) is 5.82 Å². The number of benzene rings is 1. The van der Waals surface area contributed by atoms with Crippen LogP contribution in [0.1, 0.15) is 32.6 Å². The predicted octanol–water partition coefficient (Wildman–Crippen LogP) is 4.26. The highest BCUT2D eigenvalue weighted by molar-refractivity contribution is 9.10. The van der Waals surface area contributed by atoms with E-state index < -0.39 is 0 Å². The lowest BCUT2D eigenvalue weighted by Gasteiger charge is -2.20. The molecule has 4 heteroatoms. The highest BCUT2D eigenvalue weighted by atomic mass is 79.9. The zero-order valence-electron chi connectivity index (χ0n) is 11.5. The molecule has 0 bridgehead atoms. The highest BCUT2D eigenvalue weighted by Crippen LogP contribution is 2.27. The smallest absolute Gasteiger partial charge is 0.147 e. The van der Waals surface area contributed by atoms with Gasteiger partial charge in [-0.05, 0) is 66.8 Å². The summed E-state index contributed by atoms with van der Waals surface area (Å²) in [5.41, 5.74) is 0.608. The Morgan fingerprint density at radius 2 is 2.21 bits per heavy atom. The Kier molecular flexibility index (Phi) is 5.64. The summed E-state index contributed by atoms with van der Waals surface area (Å²) in [6, 6.07) is 5.48. The highest BCUT2D eigenvalue weighted by Gasteiger charge is 2.18. The second-order valence-electron chi connectivity index (χ2n) is 5.21. The van der Waals surface area contributed by atoms with E-state index in [1.54, 1.807) is 6.07 Å². The Morgan fingerprint density at radius 1 is 1.37 bits per heavy atom. The molecule has 0 radical (unpaired) electrons. The van der Waals surface area contributed by atoms with Gasteiger partial charge in [-0.1, -0.05) is 13.0 Å². The maximum absolute atomic E-state index is 13.8. The first-order chi connectivity index (χ1) is 9.20. The molecule has 1 fully saturated rings. The molecule has 19 heavy (non-hydrogen) atoms. The molecule has 1 aliphatic rings. The number of nitrogens with one attached hydrogen (secondary N) is 1. The number of anilines is 1. The summed E-state index contributed by atoms with van der Waals surface area (Å²) in [6.07, 6.45) is 4.59. The van der Waals surface area contributed by atoms with E-state index in [9.17, 15) is 4.39 Å². The average molecular weight is 329 g/mol. The predicted molar refractivity (Wildman–Crippen MR) is 82.1 cm³/mol. The van der Waals surface area contributed by atoms with Crippen LogP contribution < -0.4 is 5.32 Å². The standard InChI is InChI=1S/C15H22BrFN2/c1-2-9-19-10-4-5-12(8-11-19)18-15-13(16)6-3-7-14(15)17/h3,6-7,12,18H,2,4-5,8-11H2,1H3. The van der Waals surface area contributed by atoms with E-state index in [0.717, 1.165) is 23.9 Å². The summed E-state index contributed by atoms with van der Waals surface area (Å²) in [5, 5.41) is 3.37. The van der Waals surface area contributed by atoms with Gasteiger partial charge in [-0.15, -0.1) is 0 Å². The number of nitrogens with zero attached hydrogens (tertiary/aromatic N) is 1. The minimum atomic E-state index is -0.177. The van der Waals surface area contributed by atoms with Crippen LogP contribution in [0.3, 0.4) is 0 Å². The summed E-state index contributed by atoms with van der Waals surface area (Å²) < 4.78 is 14.6. The molecule has 0 saturated carbocycles. The summed E-state index contributed by atoms with van der Waals surface area (Å²) in [5.74, 6) is -0.177. The molecule has 0 spiro atoms. The van der Waals surface area contributed by atoms with Crippen LogP contribution in [0.5, 0.6) is 0 Å². The molecular weight excluding hydrogens is 307 g/mol. The first kappa shape index (κ1) is 14.8. The van der Waals surface area contributed by atoms with Gasteiger partial charge in [-0.3, -0.25) is 0 Å². The molecule has 0 amide bonds. The van der Waals surface area contributed by atoms with E-state index in [1.807, 2.05) is 6.07 Å². The summed E-state index contributed by atoms with van der Waals surface area (Å²) in [6.45, 7) is 5.68. The van der Waals surface area contributed by atoms with Gasteiger partial charge < -0.3 is 10.2 Å². The third-order valence-corrected chi connectivity index (χ3v) is 4.33. The molecule has 1 N–H and O–H groups in total. The van der Waals surface area contributed by atoms with Crippen LogP contribution in [0.15, 0.2) is 22.7 Å². The molecule has 2 nitrogen and oxygen atoms in total. The lowest BCUT2D eigenvalue weighted by atomic mass is 10.1. The van der Waals surface area contributed by atoms with E-state index >= 15 is 0 Å². The van der Waals surface area contributed by atoms with E-state index in [1.165, 1.54) is 32.0 Å². The van der Waals surface area contributed by atoms with Gasteiger partial charge in [0, 0.05) is 17.1 Å². The van der Waals surface area contributed by atoms with Crippen molar-refractivity contribution in [1.29, 1.82) is 0 Å². The lowest BCUT2D eigenvalue weighted by molar-refractivity contribution is 0.285. The number of para-hydroxylation sites is 1. The molecule has 1 unspecified atom stereocenters. The second kappa shape index (κ2) is 7.25. The first-order valence-electron chi connectivity index (χ1n) is 7.13.